The van der Waals surface area contributed by atoms with Gasteiger partial charge in [-0.1, -0.05) is 25.0 Å². The van der Waals surface area contributed by atoms with Crippen LogP contribution in [0.3, 0.4) is 0 Å². The minimum atomic E-state index is -4.90. The molecule has 4 aliphatic rings. The minimum Gasteiger partial charge on any atom is -0.497 e. The lowest BCUT2D eigenvalue weighted by Crippen LogP contribution is -2.59. The molecule has 0 bridgehead atoms. The van der Waals surface area contributed by atoms with E-state index in [0.717, 1.165) is 4.90 Å². The fourth-order valence-electron chi connectivity index (χ4n) is 6.91. The first-order valence-electron chi connectivity index (χ1n) is 18.6. The van der Waals surface area contributed by atoms with Crippen LogP contribution in [0.15, 0.2) is 30.4 Å². The zero-order chi connectivity index (χ0) is 40.8. The van der Waals surface area contributed by atoms with E-state index < -0.39 is 80.0 Å². The maximum absolute atomic E-state index is 14.4. The molecule has 2 aliphatic carbocycles. The van der Waals surface area contributed by atoms with Crippen molar-refractivity contribution in [1.29, 1.82) is 0 Å². The van der Waals surface area contributed by atoms with Crippen LogP contribution in [-0.2, 0) is 29.1 Å². The fourth-order valence-corrected chi connectivity index (χ4v) is 8.22. The van der Waals surface area contributed by atoms with E-state index in [1.807, 2.05) is 6.08 Å². The van der Waals surface area contributed by atoms with Gasteiger partial charge in [0.05, 0.1) is 29.4 Å². The molecule has 2 aliphatic heterocycles. The van der Waals surface area contributed by atoms with Crippen LogP contribution in [0.4, 0.5) is 18.0 Å². The molecule has 2 aromatic rings. The van der Waals surface area contributed by atoms with Gasteiger partial charge in [-0.2, -0.15) is 13.2 Å². The number of rotatable bonds is 8. The largest absolute Gasteiger partial charge is 0.497 e. The molecule has 2 saturated carbocycles. The second kappa shape index (κ2) is 15.0. The van der Waals surface area contributed by atoms with Gasteiger partial charge in [0, 0.05) is 18.4 Å². The molecule has 306 valence electrons. The van der Waals surface area contributed by atoms with Gasteiger partial charge < -0.3 is 29.7 Å². The standard InChI is InChI=1S/C37H47F3N6O9S/c1-21-30(42-27-17-23(53-5)13-14-25(27)41-21)54-24-18-28-29(47)44-36(32(49)45-56(51,52)35(4)15-16-35)19-22(36)11-9-7-6-8-10-12-26(31(48)46(28)20-24)43-33(50)55-34(2,3)37(38,39)40/h9,11,13-14,17,22,24,26,28H,6-8,10,12,15-16,18-20H2,1-5H3,(H,43,50)(H,44,47)(H,45,49)/b11-9+/t22-,24-,26+,28+,36-/m1/s1. The van der Waals surface area contributed by atoms with Crippen LogP contribution < -0.4 is 24.8 Å². The second-order valence-electron chi connectivity index (χ2n) is 15.8. The number of hydrogen-bond acceptors (Lipinski definition) is 11. The average Bonchev–Trinajstić information content (AvgIpc) is 3.99. The van der Waals surface area contributed by atoms with E-state index in [0.29, 0.717) is 74.8 Å². The molecule has 3 N–H and O–H groups in total. The molecule has 4 amide bonds. The molecule has 1 saturated heterocycles. The Morgan fingerprint density at radius 2 is 1.80 bits per heavy atom. The molecule has 15 nitrogen and oxygen atoms in total. The van der Waals surface area contributed by atoms with Crippen molar-refractivity contribution < 1.29 is 55.0 Å². The number of nitrogens with zero attached hydrogens (tertiary/aromatic N) is 3. The SMILES string of the molecule is COc1ccc2nc(C)c(O[C@@H]3C[C@H]4C(=O)N[C@]5(C(=O)NS(=O)(=O)C6(C)CC6)C[C@H]5/C=C/CCCCC[C@H](NC(=O)OC(C)(C)C(F)(F)F)C(=O)N4C3)nc2c1. The number of alkyl halides is 3. The lowest BCUT2D eigenvalue weighted by Gasteiger charge is -2.31. The fraction of sp³-hybridized carbons (Fsp3) is 0.622. The van der Waals surface area contributed by atoms with Crippen LogP contribution in [0.25, 0.3) is 11.0 Å². The lowest BCUT2D eigenvalue weighted by molar-refractivity contribution is -0.244. The number of ether oxygens (including phenoxy) is 3. The summed E-state index contributed by atoms with van der Waals surface area (Å²) in [6, 6.07) is 2.40. The van der Waals surface area contributed by atoms with Crippen molar-refractivity contribution in [3.8, 4) is 11.6 Å². The number of hydrogen-bond donors (Lipinski definition) is 3. The highest BCUT2D eigenvalue weighted by Crippen LogP contribution is 2.47. The van der Waals surface area contributed by atoms with Crippen LogP contribution in [0.2, 0.25) is 0 Å². The molecule has 0 radical (unpaired) electrons. The summed E-state index contributed by atoms with van der Waals surface area (Å²) < 4.78 is 84.4. The molecule has 0 spiro atoms. The first-order valence-corrected chi connectivity index (χ1v) is 20.1. The Morgan fingerprint density at radius 3 is 2.48 bits per heavy atom. The Hall–Kier alpha value is -4.68. The van der Waals surface area contributed by atoms with Gasteiger partial charge in [0.15, 0.2) is 0 Å². The summed E-state index contributed by atoms with van der Waals surface area (Å²) in [6.45, 7) is 4.35. The van der Waals surface area contributed by atoms with Crippen LogP contribution in [0, 0.1) is 12.8 Å². The topological polar surface area (TPSA) is 195 Å². The monoisotopic (exact) mass is 808 g/mol. The number of halogens is 3. The van der Waals surface area contributed by atoms with Gasteiger partial charge in [-0.15, -0.1) is 0 Å². The number of fused-ring (bicyclic) bond motifs is 3. The van der Waals surface area contributed by atoms with Crippen LogP contribution >= 0.6 is 0 Å². The van der Waals surface area contributed by atoms with Gasteiger partial charge in [-0.25, -0.2) is 23.2 Å². The number of sulfonamides is 1. The van der Waals surface area contributed by atoms with E-state index >= 15 is 0 Å². The molecule has 3 fully saturated rings. The molecule has 3 heterocycles. The first kappa shape index (κ1) is 41.0. The van der Waals surface area contributed by atoms with E-state index in [2.05, 4.69) is 25.3 Å². The third-order valence-electron chi connectivity index (χ3n) is 11.1. The lowest BCUT2D eigenvalue weighted by atomic mass is 10.0. The second-order valence-corrected chi connectivity index (χ2v) is 18.0. The molecule has 1 aromatic carbocycles. The van der Waals surface area contributed by atoms with E-state index in [-0.39, 0.29) is 31.7 Å². The molecular formula is C37H47F3N6O9S. The first-order chi connectivity index (χ1) is 26.2. The van der Waals surface area contributed by atoms with Crippen molar-refractivity contribution in [1.82, 2.24) is 30.2 Å². The number of aromatic nitrogens is 2. The molecule has 6 rings (SSSR count). The summed E-state index contributed by atoms with van der Waals surface area (Å²) >= 11 is 0. The van der Waals surface area contributed by atoms with Crippen LogP contribution in [0.1, 0.15) is 84.3 Å². The van der Waals surface area contributed by atoms with Gasteiger partial charge in [-0.3, -0.25) is 19.1 Å². The normalized spacial score (nSPS) is 27.4. The average molecular weight is 809 g/mol. The Kier molecular flexibility index (Phi) is 11.0. The van der Waals surface area contributed by atoms with Crippen molar-refractivity contribution >= 4 is 44.9 Å². The van der Waals surface area contributed by atoms with E-state index in [1.165, 1.54) is 14.0 Å². The summed E-state index contributed by atoms with van der Waals surface area (Å²) in [4.78, 5) is 65.8. The Bertz CT molecular complexity index is 2040. The Labute approximate surface area is 322 Å². The predicted molar refractivity (Wildman–Crippen MR) is 195 cm³/mol. The number of carbonyl (C=O) groups is 4. The van der Waals surface area contributed by atoms with Gasteiger partial charge in [0.1, 0.15) is 35.2 Å². The van der Waals surface area contributed by atoms with Crippen molar-refractivity contribution in [2.75, 3.05) is 13.7 Å². The minimum absolute atomic E-state index is 0.0170. The third-order valence-corrected chi connectivity index (χ3v) is 13.2. The highest BCUT2D eigenvalue weighted by molar-refractivity contribution is 7.91. The number of alkyl carbamates (subject to hydrolysis) is 1. The zero-order valence-electron chi connectivity index (χ0n) is 31.8. The predicted octanol–water partition coefficient (Wildman–Crippen LogP) is 4.12. The number of amides is 4. The number of aryl methyl sites for hydroxylation is 1. The summed E-state index contributed by atoms with van der Waals surface area (Å²) in [6.07, 6.45) is -0.732. The number of nitrogens with one attached hydrogen (secondary N) is 3. The van der Waals surface area contributed by atoms with E-state index in [9.17, 15) is 40.8 Å². The van der Waals surface area contributed by atoms with Crippen molar-refractivity contribution in [2.45, 2.75) is 126 Å². The number of carbonyl (C=O) groups excluding carboxylic acids is 4. The molecule has 5 atom stereocenters. The third kappa shape index (κ3) is 8.37. The highest BCUT2D eigenvalue weighted by atomic mass is 32.2. The maximum Gasteiger partial charge on any atom is 0.427 e. The number of allylic oxidation sites excluding steroid dienone is 1. The number of methoxy groups -OCH3 is 1. The smallest absolute Gasteiger partial charge is 0.427 e. The Balaban J connectivity index is 1.31. The summed E-state index contributed by atoms with van der Waals surface area (Å²) in [5.41, 5.74) is -3.08. The molecule has 19 heteroatoms. The van der Waals surface area contributed by atoms with Crippen LogP contribution in [0.5, 0.6) is 11.6 Å². The highest BCUT2D eigenvalue weighted by Gasteiger charge is 2.63. The zero-order valence-corrected chi connectivity index (χ0v) is 32.6. The van der Waals surface area contributed by atoms with E-state index in [4.69, 9.17) is 14.2 Å². The quantitative estimate of drug-likeness (QED) is 0.325. The van der Waals surface area contributed by atoms with Crippen molar-refractivity contribution in [2.24, 2.45) is 5.92 Å². The summed E-state index contributed by atoms with van der Waals surface area (Å²) in [5.74, 6) is -2.37. The summed E-state index contributed by atoms with van der Waals surface area (Å²) in [7, 11) is -2.57. The Morgan fingerprint density at radius 1 is 1.07 bits per heavy atom. The van der Waals surface area contributed by atoms with Crippen LogP contribution in [-0.4, -0.2) is 101 Å². The van der Waals surface area contributed by atoms with Gasteiger partial charge in [0.2, 0.25) is 33.3 Å². The van der Waals surface area contributed by atoms with Crippen molar-refractivity contribution in [3.63, 3.8) is 0 Å². The number of benzene rings is 1. The maximum atomic E-state index is 14.4. The van der Waals surface area contributed by atoms with E-state index in [1.54, 1.807) is 31.2 Å². The van der Waals surface area contributed by atoms with Crippen molar-refractivity contribution in [3.05, 3.63) is 36.0 Å². The molecule has 56 heavy (non-hydrogen) atoms. The molecular weight excluding hydrogens is 762 g/mol. The van der Waals surface area contributed by atoms with Gasteiger partial charge >= 0.3 is 12.3 Å². The molecule has 1 aromatic heterocycles. The van der Waals surface area contributed by atoms with Gasteiger partial charge in [-0.05, 0) is 78.4 Å². The summed E-state index contributed by atoms with van der Waals surface area (Å²) in [5, 5.41) is 5.07. The van der Waals surface area contributed by atoms with Gasteiger partial charge in [0.25, 0.3) is 5.91 Å². The molecule has 0 unspecified atom stereocenters.